The lowest BCUT2D eigenvalue weighted by Crippen LogP contribution is -2.39. The van der Waals surface area contributed by atoms with E-state index in [1.54, 1.807) is 14.2 Å². The number of carbonyl (C=O) groups excluding carboxylic acids is 1. The Kier molecular flexibility index (Phi) is 4.63. The third-order valence-corrected chi connectivity index (χ3v) is 3.32. The molecule has 0 aromatic heterocycles. The van der Waals surface area contributed by atoms with Crippen LogP contribution in [0.2, 0.25) is 0 Å². The van der Waals surface area contributed by atoms with Crippen molar-refractivity contribution < 1.29 is 14.3 Å². The van der Waals surface area contributed by atoms with E-state index in [1.165, 1.54) is 0 Å². The van der Waals surface area contributed by atoms with Crippen LogP contribution in [-0.4, -0.2) is 32.7 Å². The van der Waals surface area contributed by atoms with Gasteiger partial charge in [0.15, 0.2) is 11.5 Å². The lowest BCUT2D eigenvalue weighted by molar-refractivity contribution is -0.122. The van der Waals surface area contributed by atoms with Crippen molar-refractivity contribution in [3.8, 4) is 11.5 Å². The van der Waals surface area contributed by atoms with Gasteiger partial charge in [0.25, 0.3) is 0 Å². The summed E-state index contributed by atoms with van der Waals surface area (Å²) in [6, 6.07) is 5.43. The average Bonchev–Trinajstić information content (AvgIpc) is 2.91. The van der Waals surface area contributed by atoms with Crippen molar-refractivity contribution in [3.63, 3.8) is 0 Å². The van der Waals surface area contributed by atoms with Crippen LogP contribution in [0.15, 0.2) is 30.4 Å². The van der Waals surface area contributed by atoms with Crippen LogP contribution in [0.4, 0.5) is 0 Å². The molecule has 1 heterocycles. The highest BCUT2D eigenvalue weighted by Crippen LogP contribution is 2.27. The molecule has 1 aliphatic heterocycles. The number of carbonyl (C=O) groups is 1. The Morgan fingerprint density at radius 1 is 1.40 bits per heavy atom. The molecule has 1 aromatic carbocycles. The first-order valence-electron chi connectivity index (χ1n) is 6.52. The fourth-order valence-electron chi connectivity index (χ4n) is 2.19. The number of rotatable bonds is 5. The van der Waals surface area contributed by atoms with Crippen molar-refractivity contribution in [1.82, 2.24) is 10.6 Å². The zero-order chi connectivity index (χ0) is 14.5. The molecule has 5 heteroatoms. The van der Waals surface area contributed by atoms with E-state index in [1.807, 2.05) is 18.2 Å². The quantitative estimate of drug-likeness (QED) is 0.794. The normalized spacial score (nSPS) is 17.9. The van der Waals surface area contributed by atoms with Crippen LogP contribution >= 0.6 is 0 Å². The maximum absolute atomic E-state index is 12.0. The minimum absolute atomic E-state index is 0.00145. The fraction of sp³-hybridized carbons (Fsp3) is 0.400. The van der Waals surface area contributed by atoms with Gasteiger partial charge in [0.05, 0.1) is 20.3 Å². The molecular formula is C15H20N2O3. The predicted octanol–water partition coefficient (Wildman–Crippen LogP) is 1.24. The second-order valence-electron chi connectivity index (χ2n) is 4.79. The molecule has 20 heavy (non-hydrogen) atoms. The molecule has 2 N–H and O–H groups in total. The first kappa shape index (κ1) is 14.4. The molecule has 2 rings (SSSR count). The van der Waals surface area contributed by atoms with Gasteiger partial charge >= 0.3 is 0 Å². The molecule has 108 valence electrons. The lowest BCUT2D eigenvalue weighted by atomic mass is 10.1. The van der Waals surface area contributed by atoms with E-state index in [0.717, 1.165) is 11.1 Å². The summed E-state index contributed by atoms with van der Waals surface area (Å²) in [6.45, 7) is 5.05. The molecule has 1 amide bonds. The van der Waals surface area contributed by atoms with E-state index < -0.39 is 0 Å². The van der Waals surface area contributed by atoms with Crippen molar-refractivity contribution in [3.05, 3.63) is 35.9 Å². The molecule has 1 aromatic rings. The van der Waals surface area contributed by atoms with Gasteiger partial charge in [-0.15, -0.1) is 0 Å². The van der Waals surface area contributed by atoms with Gasteiger partial charge in [0, 0.05) is 13.1 Å². The molecule has 0 bridgehead atoms. The summed E-state index contributed by atoms with van der Waals surface area (Å²) in [5.41, 5.74) is 2.03. The molecular weight excluding hydrogens is 256 g/mol. The van der Waals surface area contributed by atoms with Gasteiger partial charge < -0.3 is 20.1 Å². The van der Waals surface area contributed by atoms with E-state index in [2.05, 4.69) is 17.2 Å². The van der Waals surface area contributed by atoms with Gasteiger partial charge in [-0.3, -0.25) is 4.79 Å². The second-order valence-corrected chi connectivity index (χ2v) is 4.79. The highest BCUT2D eigenvalue weighted by Gasteiger charge is 2.23. The summed E-state index contributed by atoms with van der Waals surface area (Å²) < 4.78 is 10.4. The number of ether oxygens (including phenoxy) is 2. The SMILES string of the molecule is C=C1CNC(C(=O)NCc2ccc(OC)c(OC)c2)C1. The van der Waals surface area contributed by atoms with Gasteiger partial charge in [0.1, 0.15) is 0 Å². The topological polar surface area (TPSA) is 59.6 Å². The maximum Gasteiger partial charge on any atom is 0.237 e. The van der Waals surface area contributed by atoms with Crippen molar-refractivity contribution >= 4 is 5.91 Å². The molecule has 5 nitrogen and oxygen atoms in total. The molecule has 0 saturated carbocycles. The average molecular weight is 276 g/mol. The van der Waals surface area contributed by atoms with Crippen molar-refractivity contribution in [1.29, 1.82) is 0 Å². The number of amides is 1. The maximum atomic E-state index is 12.0. The van der Waals surface area contributed by atoms with Crippen LogP contribution < -0.4 is 20.1 Å². The van der Waals surface area contributed by atoms with Gasteiger partial charge in [-0.05, 0) is 24.1 Å². The van der Waals surface area contributed by atoms with Crippen LogP contribution in [0, 0.1) is 0 Å². The number of hydrogen-bond donors (Lipinski definition) is 2. The van der Waals surface area contributed by atoms with Gasteiger partial charge in [-0.1, -0.05) is 18.2 Å². The van der Waals surface area contributed by atoms with Crippen molar-refractivity contribution in [2.45, 2.75) is 19.0 Å². The first-order chi connectivity index (χ1) is 9.63. The summed E-state index contributed by atoms with van der Waals surface area (Å²) in [5, 5.41) is 6.04. The molecule has 1 saturated heterocycles. The van der Waals surface area contributed by atoms with E-state index in [0.29, 0.717) is 31.0 Å². The Morgan fingerprint density at radius 3 is 2.75 bits per heavy atom. The Labute approximate surface area is 119 Å². The zero-order valence-electron chi connectivity index (χ0n) is 11.9. The number of benzene rings is 1. The summed E-state index contributed by atoms with van der Waals surface area (Å²) in [4.78, 5) is 12.0. The van der Waals surface area contributed by atoms with Crippen LogP contribution in [0.25, 0.3) is 0 Å². The van der Waals surface area contributed by atoms with Crippen molar-refractivity contribution in [2.24, 2.45) is 0 Å². The molecule has 1 fully saturated rings. The predicted molar refractivity (Wildman–Crippen MR) is 76.9 cm³/mol. The van der Waals surface area contributed by atoms with Gasteiger partial charge in [-0.25, -0.2) is 0 Å². The molecule has 1 aliphatic rings. The van der Waals surface area contributed by atoms with Gasteiger partial charge in [-0.2, -0.15) is 0 Å². The van der Waals surface area contributed by atoms with E-state index in [-0.39, 0.29) is 11.9 Å². The van der Waals surface area contributed by atoms with Crippen LogP contribution in [-0.2, 0) is 11.3 Å². The second kappa shape index (κ2) is 6.43. The van der Waals surface area contributed by atoms with E-state index in [9.17, 15) is 4.79 Å². The zero-order valence-corrected chi connectivity index (χ0v) is 11.9. The van der Waals surface area contributed by atoms with Gasteiger partial charge in [0.2, 0.25) is 5.91 Å². The Hall–Kier alpha value is -2.01. The van der Waals surface area contributed by atoms with E-state index >= 15 is 0 Å². The number of nitrogens with one attached hydrogen (secondary N) is 2. The van der Waals surface area contributed by atoms with Crippen LogP contribution in [0.3, 0.4) is 0 Å². The molecule has 1 unspecified atom stereocenters. The fourth-order valence-corrected chi connectivity index (χ4v) is 2.19. The lowest BCUT2D eigenvalue weighted by Gasteiger charge is -2.12. The largest absolute Gasteiger partial charge is 0.493 e. The minimum atomic E-state index is -0.164. The minimum Gasteiger partial charge on any atom is -0.493 e. The molecule has 0 radical (unpaired) electrons. The summed E-state index contributed by atoms with van der Waals surface area (Å²) >= 11 is 0. The first-order valence-corrected chi connectivity index (χ1v) is 6.52. The summed E-state index contributed by atoms with van der Waals surface area (Å²) in [6.07, 6.45) is 0.706. The Balaban J connectivity index is 1.93. The Morgan fingerprint density at radius 2 is 2.15 bits per heavy atom. The third kappa shape index (κ3) is 3.30. The van der Waals surface area contributed by atoms with Crippen LogP contribution in [0.5, 0.6) is 11.5 Å². The number of hydrogen-bond acceptors (Lipinski definition) is 4. The smallest absolute Gasteiger partial charge is 0.237 e. The van der Waals surface area contributed by atoms with E-state index in [4.69, 9.17) is 9.47 Å². The summed E-state index contributed by atoms with van der Waals surface area (Å²) in [7, 11) is 3.19. The molecule has 0 spiro atoms. The highest BCUT2D eigenvalue weighted by molar-refractivity contribution is 5.82. The Bertz CT molecular complexity index is 514. The standard InChI is InChI=1S/C15H20N2O3/c1-10-6-12(16-8-10)15(18)17-9-11-4-5-13(19-2)14(7-11)20-3/h4-5,7,12,16H,1,6,8-9H2,2-3H3,(H,17,18). The molecule has 0 aliphatic carbocycles. The molecule has 1 atom stereocenters. The number of methoxy groups -OCH3 is 2. The summed E-state index contributed by atoms with van der Waals surface area (Å²) in [5.74, 6) is 1.33. The van der Waals surface area contributed by atoms with Crippen LogP contribution in [0.1, 0.15) is 12.0 Å². The third-order valence-electron chi connectivity index (χ3n) is 3.32. The van der Waals surface area contributed by atoms with Crippen molar-refractivity contribution in [2.75, 3.05) is 20.8 Å². The monoisotopic (exact) mass is 276 g/mol. The highest BCUT2D eigenvalue weighted by atomic mass is 16.5.